The summed E-state index contributed by atoms with van der Waals surface area (Å²) < 4.78 is 2.23. The first-order valence-corrected chi connectivity index (χ1v) is 8.04. The monoisotopic (exact) mass is 296 g/mol. The van der Waals surface area contributed by atoms with E-state index in [4.69, 9.17) is 5.10 Å². The summed E-state index contributed by atoms with van der Waals surface area (Å²) >= 11 is 3.64. The lowest BCUT2D eigenvalue weighted by Crippen LogP contribution is -2.14. The molecular formula is C14H21BrN2. The van der Waals surface area contributed by atoms with Gasteiger partial charge in [-0.2, -0.15) is 5.10 Å². The third-order valence-corrected chi connectivity index (χ3v) is 5.60. The van der Waals surface area contributed by atoms with Crippen molar-refractivity contribution in [3.05, 3.63) is 18.0 Å². The maximum atomic E-state index is 4.80. The molecule has 3 rings (SSSR count). The Kier molecular flexibility index (Phi) is 3.29. The second kappa shape index (κ2) is 4.75. The van der Waals surface area contributed by atoms with Gasteiger partial charge < -0.3 is 0 Å². The van der Waals surface area contributed by atoms with Gasteiger partial charge in [-0.3, -0.25) is 4.68 Å². The first kappa shape index (κ1) is 11.8. The van der Waals surface area contributed by atoms with E-state index in [1.54, 1.807) is 0 Å². The van der Waals surface area contributed by atoms with Crippen LogP contribution in [0, 0.1) is 5.41 Å². The van der Waals surface area contributed by atoms with Gasteiger partial charge in [0.15, 0.2) is 0 Å². The number of rotatable bonds is 4. The Morgan fingerprint density at radius 3 is 2.71 bits per heavy atom. The van der Waals surface area contributed by atoms with Crippen molar-refractivity contribution in [3.63, 3.8) is 0 Å². The molecule has 2 nitrogen and oxygen atoms in total. The predicted octanol–water partition coefficient (Wildman–Crippen LogP) is 4.11. The molecule has 0 saturated heterocycles. The Morgan fingerprint density at radius 1 is 1.29 bits per heavy atom. The summed E-state index contributed by atoms with van der Waals surface area (Å²) in [6.07, 6.45) is 12.9. The highest BCUT2D eigenvalue weighted by atomic mass is 79.9. The Labute approximate surface area is 112 Å². The summed E-state index contributed by atoms with van der Waals surface area (Å²) in [5.74, 6) is 0. The van der Waals surface area contributed by atoms with Crippen LogP contribution in [-0.2, 0) is 6.42 Å². The fourth-order valence-corrected chi connectivity index (χ4v) is 3.70. The van der Waals surface area contributed by atoms with Crippen LogP contribution in [0.5, 0.6) is 0 Å². The molecule has 3 heteroatoms. The largest absolute Gasteiger partial charge is 0.269 e. The average Bonchev–Trinajstić information content (AvgIpc) is 3.00. The first-order valence-electron chi connectivity index (χ1n) is 6.91. The highest BCUT2D eigenvalue weighted by molar-refractivity contribution is 9.09. The van der Waals surface area contributed by atoms with E-state index in [2.05, 4.69) is 32.9 Å². The Morgan fingerprint density at radius 2 is 2.06 bits per heavy atom. The Hall–Kier alpha value is -0.310. The van der Waals surface area contributed by atoms with Crippen LogP contribution in [-0.4, -0.2) is 15.1 Å². The molecule has 94 valence electrons. The number of halogens is 1. The molecule has 2 aliphatic rings. The summed E-state index contributed by atoms with van der Waals surface area (Å²) in [6, 6.07) is 2.91. The van der Waals surface area contributed by atoms with Gasteiger partial charge in [0.25, 0.3) is 0 Å². The molecule has 1 aromatic heterocycles. The van der Waals surface area contributed by atoms with Gasteiger partial charge in [0, 0.05) is 11.5 Å². The molecule has 0 bridgehead atoms. The average molecular weight is 297 g/mol. The normalized spacial score (nSPS) is 23.8. The number of nitrogens with zero attached hydrogens (tertiary/aromatic N) is 2. The fraction of sp³-hybridized carbons (Fsp3) is 0.786. The lowest BCUT2D eigenvalue weighted by atomic mass is 9.96. The lowest BCUT2D eigenvalue weighted by Gasteiger charge is -2.21. The SMILES string of the molecule is BrCC1(Cc2ccn(C3CCCCC3)n2)CC1. The van der Waals surface area contributed by atoms with Crippen LogP contribution in [0.25, 0.3) is 0 Å². The molecule has 2 aliphatic carbocycles. The van der Waals surface area contributed by atoms with E-state index < -0.39 is 0 Å². The Balaban J connectivity index is 1.65. The maximum absolute atomic E-state index is 4.80. The van der Waals surface area contributed by atoms with E-state index in [0.717, 1.165) is 11.8 Å². The molecule has 17 heavy (non-hydrogen) atoms. The molecule has 0 aromatic carbocycles. The molecular weight excluding hydrogens is 276 g/mol. The van der Waals surface area contributed by atoms with Crippen LogP contribution >= 0.6 is 15.9 Å². The second-order valence-corrected chi connectivity index (χ2v) is 6.45. The molecule has 1 heterocycles. The minimum absolute atomic E-state index is 0.547. The standard InChI is InChI=1S/C14H21BrN2/c15-11-14(7-8-14)10-12-6-9-17(16-12)13-4-2-1-3-5-13/h6,9,13H,1-5,7-8,10-11H2. The number of alkyl halides is 1. The first-order chi connectivity index (χ1) is 8.31. The van der Waals surface area contributed by atoms with E-state index in [1.807, 2.05) is 0 Å². The quantitative estimate of drug-likeness (QED) is 0.765. The smallest absolute Gasteiger partial charge is 0.0630 e. The number of aromatic nitrogens is 2. The topological polar surface area (TPSA) is 17.8 Å². The third-order valence-electron chi connectivity index (χ3n) is 4.41. The zero-order valence-corrected chi connectivity index (χ0v) is 12.0. The van der Waals surface area contributed by atoms with E-state index >= 15 is 0 Å². The molecule has 0 N–H and O–H groups in total. The van der Waals surface area contributed by atoms with Gasteiger partial charge in [-0.25, -0.2) is 0 Å². The van der Waals surface area contributed by atoms with Gasteiger partial charge in [-0.15, -0.1) is 0 Å². The number of hydrogen-bond acceptors (Lipinski definition) is 1. The highest BCUT2D eigenvalue weighted by Crippen LogP contribution is 2.49. The van der Waals surface area contributed by atoms with Gasteiger partial charge in [0.2, 0.25) is 0 Å². The summed E-state index contributed by atoms with van der Waals surface area (Å²) in [4.78, 5) is 0. The summed E-state index contributed by atoms with van der Waals surface area (Å²) in [5, 5.41) is 5.94. The van der Waals surface area contributed by atoms with Crippen LogP contribution < -0.4 is 0 Å². The molecule has 0 aliphatic heterocycles. The van der Waals surface area contributed by atoms with Crippen molar-refractivity contribution in [2.24, 2.45) is 5.41 Å². The minimum Gasteiger partial charge on any atom is -0.269 e. The predicted molar refractivity (Wildman–Crippen MR) is 73.5 cm³/mol. The van der Waals surface area contributed by atoms with Crippen molar-refractivity contribution in [2.75, 3.05) is 5.33 Å². The van der Waals surface area contributed by atoms with Crippen LogP contribution in [0.1, 0.15) is 56.7 Å². The molecule has 2 saturated carbocycles. The minimum atomic E-state index is 0.547. The number of hydrogen-bond donors (Lipinski definition) is 0. The van der Waals surface area contributed by atoms with Crippen molar-refractivity contribution < 1.29 is 0 Å². The van der Waals surface area contributed by atoms with Crippen molar-refractivity contribution >= 4 is 15.9 Å². The van der Waals surface area contributed by atoms with Crippen molar-refractivity contribution in [2.45, 2.75) is 57.4 Å². The summed E-state index contributed by atoms with van der Waals surface area (Å²) in [5.41, 5.74) is 1.85. The molecule has 0 amide bonds. The molecule has 2 fully saturated rings. The van der Waals surface area contributed by atoms with Crippen molar-refractivity contribution in [1.29, 1.82) is 0 Å². The zero-order valence-electron chi connectivity index (χ0n) is 10.4. The van der Waals surface area contributed by atoms with E-state index in [0.29, 0.717) is 11.5 Å². The summed E-state index contributed by atoms with van der Waals surface area (Å²) in [6.45, 7) is 0. The third kappa shape index (κ3) is 2.59. The van der Waals surface area contributed by atoms with Gasteiger partial charge in [0.05, 0.1) is 11.7 Å². The van der Waals surface area contributed by atoms with E-state index in [1.165, 1.54) is 50.6 Å². The molecule has 1 aromatic rings. The van der Waals surface area contributed by atoms with E-state index in [9.17, 15) is 0 Å². The maximum Gasteiger partial charge on any atom is 0.0630 e. The fourth-order valence-electron chi connectivity index (χ4n) is 2.94. The highest BCUT2D eigenvalue weighted by Gasteiger charge is 2.41. The lowest BCUT2D eigenvalue weighted by molar-refractivity contribution is 0.327. The van der Waals surface area contributed by atoms with Gasteiger partial charge in [-0.05, 0) is 43.6 Å². The van der Waals surface area contributed by atoms with Crippen molar-refractivity contribution in [3.8, 4) is 0 Å². The molecule has 0 spiro atoms. The second-order valence-electron chi connectivity index (χ2n) is 5.89. The molecule has 0 radical (unpaired) electrons. The van der Waals surface area contributed by atoms with Crippen LogP contribution in [0.4, 0.5) is 0 Å². The van der Waals surface area contributed by atoms with Gasteiger partial charge in [0.1, 0.15) is 0 Å². The van der Waals surface area contributed by atoms with Crippen LogP contribution in [0.15, 0.2) is 12.3 Å². The van der Waals surface area contributed by atoms with Gasteiger partial charge in [-0.1, -0.05) is 35.2 Å². The van der Waals surface area contributed by atoms with Crippen molar-refractivity contribution in [1.82, 2.24) is 9.78 Å². The zero-order chi connectivity index (χ0) is 11.7. The Bertz CT molecular complexity index is 375. The van der Waals surface area contributed by atoms with Crippen LogP contribution in [0.3, 0.4) is 0 Å². The van der Waals surface area contributed by atoms with E-state index in [-0.39, 0.29) is 0 Å². The van der Waals surface area contributed by atoms with Gasteiger partial charge >= 0.3 is 0 Å². The summed E-state index contributed by atoms with van der Waals surface area (Å²) in [7, 11) is 0. The molecule has 0 atom stereocenters. The molecule has 0 unspecified atom stereocenters. The van der Waals surface area contributed by atoms with Crippen LogP contribution in [0.2, 0.25) is 0 Å².